The van der Waals surface area contributed by atoms with Crippen molar-refractivity contribution in [2.45, 2.75) is 33.1 Å². The van der Waals surface area contributed by atoms with Gasteiger partial charge in [-0.05, 0) is 51.2 Å². The Hall–Kier alpha value is -1.99. The van der Waals surface area contributed by atoms with E-state index in [0.29, 0.717) is 24.8 Å². The molecule has 1 aromatic rings. The minimum atomic E-state index is 0.601. The van der Waals surface area contributed by atoms with Gasteiger partial charge in [0, 0.05) is 51.3 Å². The highest BCUT2D eigenvalue weighted by Gasteiger charge is 2.13. The minimum Gasteiger partial charge on any atom is -0.493 e. The fourth-order valence-electron chi connectivity index (χ4n) is 2.98. The highest BCUT2D eigenvalue weighted by Crippen LogP contribution is 2.30. The molecule has 1 saturated heterocycles. The molecule has 0 unspecified atom stereocenters. The van der Waals surface area contributed by atoms with Crippen molar-refractivity contribution < 1.29 is 18.9 Å². The van der Waals surface area contributed by atoms with Crippen molar-refractivity contribution in [2.75, 3.05) is 58.6 Å². The van der Waals surface area contributed by atoms with Gasteiger partial charge in [0.1, 0.15) is 0 Å². The van der Waals surface area contributed by atoms with Gasteiger partial charge >= 0.3 is 0 Å². The quantitative estimate of drug-likeness (QED) is 0.341. The molecule has 158 valence electrons. The van der Waals surface area contributed by atoms with E-state index in [-0.39, 0.29) is 0 Å². The van der Waals surface area contributed by atoms with Crippen LogP contribution in [0.1, 0.15) is 33.1 Å². The fourth-order valence-corrected chi connectivity index (χ4v) is 2.98. The average Bonchev–Trinajstić information content (AvgIpc) is 2.72. The number of nitrogens with one attached hydrogen (secondary N) is 2. The smallest absolute Gasteiger partial charge is 0.195 e. The number of anilines is 1. The Bertz CT molecular complexity index is 589. The maximum atomic E-state index is 5.80. The lowest BCUT2D eigenvalue weighted by Crippen LogP contribution is -2.30. The maximum Gasteiger partial charge on any atom is 0.195 e. The minimum absolute atomic E-state index is 0.601. The van der Waals surface area contributed by atoms with Gasteiger partial charge in [-0.15, -0.1) is 0 Å². The van der Waals surface area contributed by atoms with Crippen molar-refractivity contribution in [3.63, 3.8) is 0 Å². The normalized spacial score (nSPS) is 15.3. The lowest BCUT2D eigenvalue weighted by molar-refractivity contribution is 0.0205. The monoisotopic (exact) mass is 393 g/mol. The molecular weight excluding hydrogens is 358 g/mol. The molecule has 0 saturated carbocycles. The Kier molecular flexibility index (Phi) is 10.5. The molecule has 2 N–H and O–H groups in total. The van der Waals surface area contributed by atoms with Crippen molar-refractivity contribution in [3.8, 4) is 11.5 Å². The standard InChI is InChI=1S/C21H35N3O4/c1-4-22-21(23-11-6-12-27-16-17-9-13-26-14-10-17)24-18-7-8-19(28-5-2)20(15-18)25-3/h7-8,15,17H,4-6,9-14,16H2,1-3H3,(H2,22,23,24). The van der Waals surface area contributed by atoms with Gasteiger partial charge in [-0.1, -0.05) is 0 Å². The van der Waals surface area contributed by atoms with E-state index in [1.807, 2.05) is 32.0 Å². The highest BCUT2D eigenvalue weighted by atomic mass is 16.5. The molecular formula is C21H35N3O4. The second-order valence-corrected chi connectivity index (χ2v) is 6.67. The van der Waals surface area contributed by atoms with Crippen LogP contribution in [0.25, 0.3) is 0 Å². The topological polar surface area (TPSA) is 73.3 Å². The third-order valence-corrected chi connectivity index (χ3v) is 4.48. The summed E-state index contributed by atoms with van der Waals surface area (Å²) in [5.74, 6) is 2.83. The molecule has 1 heterocycles. The molecule has 0 radical (unpaired) electrons. The van der Waals surface area contributed by atoms with Crippen LogP contribution in [0, 0.1) is 5.92 Å². The number of ether oxygens (including phenoxy) is 4. The zero-order valence-corrected chi connectivity index (χ0v) is 17.5. The number of aliphatic imine (C=N–C) groups is 1. The number of nitrogens with zero attached hydrogens (tertiary/aromatic N) is 1. The van der Waals surface area contributed by atoms with Gasteiger partial charge < -0.3 is 29.6 Å². The lowest BCUT2D eigenvalue weighted by atomic mass is 10.0. The summed E-state index contributed by atoms with van der Waals surface area (Å²) in [4.78, 5) is 4.63. The van der Waals surface area contributed by atoms with Crippen molar-refractivity contribution in [3.05, 3.63) is 18.2 Å². The lowest BCUT2D eigenvalue weighted by Gasteiger charge is -2.21. The first-order chi connectivity index (χ1) is 13.8. The summed E-state index contributed by atoms with van der Waals surface area (Å²) in [6.07, 6.45) is 3.11. The van der Waals surface area contributed by atoms with Crippen LogP contribution in [0.3, 0.4) is 0 Å². The van der Waals surface area contributed by atoms with Crippen molar-refractivity contribution in [1.29, 1.82) is 0 Å². The molecule has 1 aromatic carbocycles. The maximum absolute atomic E-state index is 5.80. The van der Waals surface area contributed by atoms with E-state index in [0.717, 1.165) is 69.6 Å². The first-order valence-corrected chi connectivity index (χ1v) is 10.3. The summed E-state index contributed by atoms with van der Waals surface area (Å²) in [6, 6.07) is 5.77. The largest absolute Gasteiger partial charge is 0.493 e. The van der Waals surface area contributed by atoms with E-state index in [1.54, 1.807) is 7.11 Å². The Morgan fingerprint density at radius 2 is 2.04 bits per heavy atom. The molecule has 1 aliphatic heterocycles. The molecule has 2 rings (SSSR count). The van der Waals surface area contributed by atoms with Crippen LogP contribution in [-0.4, -0.2) is 59.2 Å². The number of methoxy groups -OCH3 is 1. The van der Waals surface area contributed by atoms with Gasteiger partial charge in [-0.2, -0.15) is 0 Å². The van der Waals surface area contributed by atoms with E-state index in [1.165, 1.54) is 0 Å². The second kappa shape index (κ2) is 13.2. The van der Waals surface area contributed by atoms with E-state index in [9.17, 15) is 0 Å². The second-order valence-electron chi connectivity index (χ2n) is 6.67. The molecule has 0 amide bonds. The summed E-state index contributed by atoms with van der Waals surface area (Å²) in [5, 5.41) is 6.58. The van der Waals surface area contributed by atoms with Crippen molar-refractivity contribution >= 4 is 11.6 Å². The zero-order valence-electron chi connectivity index (χ0n) is 17.5. The van der Waals surface area contributed by atoms with Gasteiger partial charge in [-0.25, -0.2) is 0 Å². The van der Waals surface area contributed by atoms with Crippen LogP contribution in [-0.2, 0) is 9.47 Å². The highest BCUT2D eigenvalue weighted by molar-refractivity contribution is 5.93. The summed E-state index contributed by atoms with van der Waals surface area (Å²) in [7, 11) is 1.64. The van der Waals surface area contributed by atoms with Crippen LogP contribution in [0.4, 0.5) is 5.69 Å². The number of benzene rings is 1. The first-order valence-electron chi connectivity index (χ1n) is 10.3. The van der Waals surface area contributed by atoms with Crippen LogP contribution in [0.5, 0.6) is 11.5 Å². The predicted octanol–water partition coefficient (Wildman–Crippen LogP) is 3.30. The van der Waals surface area contributed by atoms with Crippen molar-refractivity contribution in [2.24, 2.45) is 10.9 Å². The number of rotatable bonds is 11. The molecule has 1 fully saturated rings. The van der Waals surface area contributed by atoms with Gasteiger partial charge in [0.2, 0.25) is 0 Å². The molecule has 1 aliphatic rings. The van der Waals surface area contributed by atoms with Crippen LogP contribution < -0.4 is 20.1 Å². The van der Waals surface area contributed by atoms with E-state index < -0.39 is 0 Å². The van der Waals surface area contributed by atoms with Crippen LogP contribution >= 0.6 is 0 Å². The average molecular weight is 394 g/mol. The summed E-state index contributed by atoms with van der Waals surface area (Å²) < 4.78 is 22.1. The molecule has 0 bridgehead atoms. The summed E-state index contributed by atoms with van der Waals surface area (Å²) >= 11 is 0. The number of hydrogen-bond acceptors (Lipinski definition) is 5. The predicted molar refractivity (Wildman–Crippen MR) is 113 cm³/mol. The van der Waals surface area contributed by atoms with Gasteiger partial charge in [-0.3, -0.25) is 4.99 Å². The van der Waals surface area contributed by atoms with Gasteiger partial charge in [0.25, 0.3) is 0 Å². The van der Waals surface area contributed by atoms with E-state index in [2.05, 4.69) is 15.6 Å². The molecule has 28 heavy (non-hydrogen) atoms. The molecule has 0 aromatic heterocycles. The van der Waals surface area contributed by atoms with Crippen LogP contribution in [0.2, 0.25) is 0 Å². The van der Waals surface area contributed by atoms with Crippen molar-refractivity contribution in [1.82, 2.24) is 5.32 Å². The third-order valence-electron chi connectivity index (χ3n) is 4.48. The molecule has 0 spiro atoms. The molecule has 7 heteroatoms. The molecule has 7 nitrogen and oxygen atoms in total. The van der Waals surface area contributed by atoms with Crippen LogP contribution in [0.15, 0.2) is 23.2 Å². The number of guanidine groups is 1. The van der Waals surface area contributed by atoms with Gasteiger partial charge in [0.05, 0.1) is 13.7 Å². The first kappa shape index (κ1) is 22.3. The SMILES string of the molecule is CCNC(=NCCCOCC1CCOCC1)Nc1ccc(OCC)c(OC)c1. The van der Waals surface area contributed by atoms with Gasteiger partial charge in [0.15, 0.2) is 17.5 Å². The molecule has 0 atom stereocenters. The zero-order chi connectivity index (χ0) is 20.0. The summed E-state index contributed by atoms with van der Waals surface area (Å²) in [6.45, 7) is 9.40. The van der Waals surface area contributed by atoms with E-state index in [4.69, 9.17) is 18.9 Å². The number of hydrogen-bond donors (Lipinski definition) is 2. The Morgan fingerprint density at radius 3 is 2.75 bits per heavy atom. The molecule has 0 aliphatic carbocycles. The van der Waals surface area contributed by atoms with E-state index >= 15 is 0 Å². The third kappa shape index (κ3) is 7.94. The summed E-state index contributed by atoms with van der Waals surface area (Å²) in [5.41, 5.74) is 0.899. The Balaban J connectivity index is 1.78. The fraction of sp³-hybridized carbons (Fsp3) is 0.667. The Labute approximate surface area is 168 Å². The Morgan fingerprint density at radius 1 is 1.21 bits per heavy atom.